The Labute approximate surface area is 195 Å². The van der Waals surface area contributed by atoms with E-state index in [0.717, 1.165) is 43.8 Å². The molecule has 4 aromatic rings. The van der Waals surface area contributed by atoms with Gasteiger partial charge in [-0.25, -0.2) is 4.98 Å². The lowest BCUT2D eigenvalue weighted by molar-refractivity contribution is -0.113. The highest BCUT2D eigenvalue weighted by Gasteiger charge is 2.14. The number of aryl methyl sites for hydroxylation is 2. The average Bonchev–Trinajstić information content (AvgIpc) is 3.20. The van der Waals surface area contributed by atoms with Gasteiger partial charge in [0.1, 0.15) is 21.5 Å². The molecule has 1 N–H and O–H groups in total. The van der Waals surface area contributed by atoms with Crippen LogP contribution < -0.4 is 10.1 Å². The molecule has 0 saturated heterocycles. The monoisotopic (exact) mass is 462 g/mol. The zero-order valence-electron chi connectivity index (χ0n) is 18.0. The van der Waals surface area contributed by atoms with Crippen molar-refractivity contribution in [1.82, 2.24) is 15.2 Å². The number of rotatable bonds is 7. The maximum atomic E-state index is 12.2. The number of hydrogen-bond acceptors (Lipinski definition) is 7. The fourth-order valence-electron chi connectivity index (χ4n) is 3.09. The third-order valence-corrected chi connectivity index (χ3v) is 6.79. The molecule has 0 saturated carbocycles. The van der Waals surface area contributed by atoms with Crippen molar-refractivity contribution in [3.05, 3.63) is 71.9 Å². The Hall–Kier alpha value is -3.23. The first-order chi connectivity index (χ1) is 15.5. The summed E-state index contributed by atoms with van der Waals surface area (Å²) in [6, 6.07) is 19.4. The van der Waals surface area contributed by atoms with Crippen molar-refractivity contribution in [2.45, 2.75) is 18.9 Å². The van der Waals surface area contributed by atoms with Crippen LogP contribution in [0.25, 0.3) is 21.1 Å². The molecule has 2 aromatic heterocycles. The molecular weight excluding hydrogens is 440 g/mol. The molecule has 32 heavy (non-hydrogen) atoms. The van der Waals surface area contributed by atoms with E-state index in [-0.39, 0.29) is 11.7 Å². The lowest BCUT2D eigenvalue weighted by atomic mass is 10.2. The van der Waals surface area contributed by atoms with Gasteiger partial charge in [0.25, 0.3) is 0 Å². The third-order valence-electron chi connectivity index (χ3n) is 4.64. The summed E-state index contributed by atoms with van der Waals surface area (Å²) in [6.45, 7) is 3.96. The zero-order valence-corrected chi connectivity index (χ0v) is 19.6. The van der Waals surface area contributed by atoms with Crippen molar-refractivity contribution in [3.63, 3.8) is 0 Å². The van der Waals surface area contributed by atoms with Gasteiger partial charge in [0, 0.05) is 11.3 Å². The minimum Gasteiger partial charge on any atom is -0.497 e. The van der Waals surface area contributed by atoms with Crippen LogP contribution in [0, 0.1) is 13.8 Å². The highest BCUT2D eigenvalue weighted by Crippen LogP contribution is 2.35. The standard InChI is InChI=1S/C24H22N4O2S2/c1-15-6-4-8-18(12-15)26-21(29)14-31-22-11-10-20(27-28-22)23-16(2)25-24(32-23)17-7-5-9-19(13-17)30-3/h4-13H,14H2,1-3H3,(H,26,29). The summed E-state index contributed by atoms with van der Waals surface area (Å²) in [6.07, 6.45) is 0. The molecule has 0 aliphatic heterocycles. The fourth-order valence-corrected chi connectivity index (χ4v) is 4.73. The minimum atomic E-state index is -0.0762. The predicted molar refractivity (Wildman–Crippen MR) is 130 cm³/mol. The molecule has 0 unspecified atom stereocenters. The number of hydrogen-bond donors (Lipinski definition) is 1. The number of nitrogens with one attached hydrogen (secondary N) is 1. The smallest absolute Gasteiger partial charge is 0.234 e. The van der Waals surface area contributed by atoms with E-state index in [2.05, 4.69) is 15.5 Å². The number of carbonyl (C=O) groups is 1. The number of aromatic nitrogens is 3. The third kappa shape index (κ3) is 5.33. The van der Waals surface area contributed by atoms with Crippen molar-refractivity contribution in [2.24, 2.45) is 0 Å². The van der Waals surface area contributed by atoms with Gasteiger partial charge < -0.3 is 10.1 Å². The number of methoxy groups -OCH3 is 1. The van der Waals surface area contributed by atoms with E-state index in [9.17, 15) is 4.79 Å². The largest absolute Gasteiger partial charge is 0.497 e. The molecule has 0 aliphatic rings. The van der Waals surface area contributed by atoms with E-state index in [1.807, 2.05) is 74.5 Å². The number of amides is 1. The summed E-state index contributed by atoms with van der Waals surface area (Å²) in [5, 5.41) is 13.2. The van der Waals surface area contributed by atoms with Crippen LogP contribution in [0.1, 0.15) is 11.3 Å². The van der Waals surface area contributed by atoms with Crippen LogP contribution in [0.15, 0.2) is 65.7 Å². The van der Waals surface area contributed by atoms with Crippen LogP contribution in [-0.4, -0.2) is 34.0 Å². The number of anilines is 1. The van der Waals surface area contributed by atoms with Crippen LogP contribution >= 0.6 is 23.1 Å². The molecule has 0 bridgehead atoms. The molecule has 162 valence electrons. The fraction of sp³-hybridized carbons (Fsp3) is 0.167. The van der Waals surface area contributed by atoms with Crippen molar-refractivity contribution in [2.75, 3.05) is 18.2 Å². The van der Waals surface area contributed by atoms with E-state index in [1.165, 1.54) is 11.8 Å². The average molecular weight is 463 g/mol. The molecule has 0 aliphatic carbocycles. The van der Waals surface area contributed by atoms with Gasteiger partial charge in [-0.1, -0.05) is 36.0 Å². The van der Waals surface area contributed by atoms with E-state index < -0.39 is 0 Å². The van der Waals surface area contributed by atoms with Gasteiger partial charge in [0.2, 0.25) is 5.91 Å². The second kappa shape index (κ2) is 9.93. The summed E-state index contributed by atoms with van der Waals surface area (Å²) < 4.78 is 5.31. The minimum absolute atomic E-state index is 0.0762. The maximum Gasteiger partial charge on any atom is 0.234 e. The van der Waals surface area contributed by atoms with Crippen LogP contribution in [-0.2, 0) is 4.79 Å². The van der Waals surface area contributed by atoms with Gasteiger partial charge in [0.15, 0.2) is 0 Å². The molecule has 0 fully saturated rings. The van der Waals surface area contributed by atoms with Crippen LogP contribution in [0.5, 0.6) is 5.75 Å². The maximum absolute atomic E-state index is 12.2. The topological polar surface area (TPSA) is 77.0 Å². The zero-order chi connectivity index (χ0) is 22.5. The van der Waals surface area contributed by atoms with Crippen molar-refractivity contribution < 1.29 is 9.53 Å². The number of carbonyl (C=O) groups excluding carboxylic acids is 1. The summed E-state index contributed by atoms with van der Waals surface area (Å²) in [4.78, 5) is 17.9. The molecular formula is C24H22N4O2S2. The predicted octanol–water partition coefficient (Wildman–Crippen LogP) is 5.62. The number of thiazole rings is 1. The highest BCUT2D eigenvalue weighted by atomic mass is 32.2. The van der Waals surface area contributed by atoms with Gasteiger partial charge in [0.05, 0.1) is 23.4 Å². The summed E-state index contributed by atoms with van der Waals surface area (Å²) in [5.74, 6) is 0.985. The van der Waals surface area contributed by atoms with Gasteiger partial charge in [-0.15, -0.1) is 21.5 Å². The first-order valence-corrected chi connectivity index (χ1v) is 11.8. The van der Waals surface area contributed by atoms with Gasteiger partial charge >= 0.3 is 0 Å². The van der Waals surface area contributed by atoms with Crippen molar-refractivity contribution in [1.29, 1.82) is 0 Å². The summed E-state index contributed by atoms with van der Waals surface area (Å²) in [5.41, 5.74) is 4.57. The van der Waals surface area contributed by atoms with Gasteiger partial charge in [-0.2, -0.15) is 0 Å². The Morgan fingerprint density at radius 1 is 1.06 bits per heavy atom. The molecule has 8 heteroatoms. The Kier molecular flexibility index (Phi) is 6.82. The second-order valence-corrected chi connectivity index (χ2v) is 9.12. The van der Waals surface area contributed by atoms with Crippen molar-refractivity contribution in [3.8, 4) is 26.9 Å². The highest BCUT2D eigenvalue weighted by molar-refractivity contribution is 7.99. The quantitative estimate of drug-likeness (QED) is 0.359. The van der Waals surface area contributed by atoms with E-state index in [0.29, 0.717) is 5.03 Å². The molecule has 0 atom stereocenters. The lowest BCUT2D eigenvalue weighted by Gasteiger charge is -2.05. The second-order valence-electron chi connectivity index (χ2n) is 7.13. The van der Waals surface area contributed by atoms with E-state index >= 15 is 0 Å². The first-order valence-electron chi connectivity index (χ1n) is 9.97. The Morgan fingerprint density at radius 3 is 2.66 bits per heavy atom. The van der Waals surface area contributed by atoms with Crippen LogP contribution in [0.3, 0.4) is 0 Å². The molecule has 0 radical (unpaired) electrons. The van der Waals surface area contributed by atoms with Gasteiger partial charge in [-0.05, 0) is 55.8 Å². The van der Waals surface area contributed by atoms with E-state index in [1.54, 1.807) is 18.4 Å². The Morgan fingerprint density at radius 2 is 1.91 bits per heavy atom. The number of thioether (sulfide) groups is 1. The van der Waals surface area contributed by atoms with Crippen LogP contribution in [0.4, 0.5) is 5.69 Å². The normalized spacial score (nSPS) is 10.7. The summed E-state index contributed by atoms with van der Waals surface area (Å²) in [7, 11) is 1.65. The van der Waals surface area contributed by atoms with Crippen molar-refractivity contribution >= 4 is 34.7 Å². The Balaban J connectivity index is 1.41. The molecule has 6 nitrogen and oxygen atoms in total. The molecule has 2 aromatic carbocycles. The lowest BCUT2D eigenvalue weighted by Crippen LogP contribution is -2.14. The number of benzene rings is 2. The first kappa shape index (κ1) is 22.0. The number of ether oxygens (including phenoxy) is 1. The Bertz CT molecular complexity index is 1240. The number of nitrogens with zero attached hydrogens (tertiary/aromatic N) is 3. The molecule has 1 amide bonds. The molecule has 4 rings (SSSR count). The SMILES string of the molecule is COc1cccc(-c2nc(C)c(-c3ccc(SCC(=O)Nc4cccc(C)c4)nn3)s2)c1. The summed E-state index contributed by atoms with van der Waals surface area (Å²) >= 11 is 2.93. The molecule has 0 spiro atoms. The van der Waals surface area contributed by atoms with E-state index in [4.69, 9.17) is 9.72 Å². The van der Waals surface area contributed by atoms with Crippen LogP contribution in [0.2, 0.25) is 0 Å². The van der Waals surface area contributed by atoms with Gasteiger partial charge in [-0.3, -0.25) is 4.79 Å². The molecule has 2 heterocycles.